The number of amides is 2. The quantitative estimate of drug-likeness (QED) is 0.633. The van der Waals surface area contributed by atoms with Crippen molar-refractivity contribution < 1.29 is 14.3 Å². The topological polar surface area (TPSA) is 80.6 Å². The second kappa shape index (κ2) is 7.36. The number of rotatable bonds is 7. The largest absolute Gasteiger partial charge is 0.360 e. The Labute approximate surface area is 175 Å². The van der Waals surface area contributed by atoms with Gasteiger partial charge < -0.3 is 14.5 Å². The number of carbonyl (C=O) groups excluding carboxylic acids is 2. The van der Waals surface area contributed by atoms with Gasteiger partial charge in [-0.2, -0.15) is 5.10 Å². The average Bonchev–Trinajstić information content (AvgIpc) is 3.53. The molecule has 2 saturated heterocycles. The first-order valence-electron chi connectivity index (χ1n) is 10.3. The standard InChI is InChI=1S/C22H25N5O3/c1-25(13-14-27-11-2-8-24-27)20(28)18-17-3-7-22(30-17)15-26(21(29)19(18)22)12-6-16-4-9-23-10-5-16/h2-5,7-11,17-19H,6,12-15H2,1H3/t17-,18?,19?,22-/m1/s1. The van der Waals surface area contributed by atoms with Crippen molar-refractivity contribution >= 4 is 11.8 Å². The maximum Gasteiger partial charge on any atom is 0.230 e. The Hall–Kier alpha value is -3.00. The molecule has 0 aromatic carbocycles. The van der Waals surface area contributed by atoms with Crippen molar-refractivity contribution in [2.24, 2.45) is 11.8 Å². The van der Waals surface area contributed by atoms with Gasteiger partial charge in [-0.1, -0.05) is 12.2 Å². The molecule has 5 heterocycles. The average molecular weight is 407 g/mol. The Morgan fingerprint density at radius 2 is 2.13 bits per heavy atom. The predicted molar refractivity (Wildman–Crippen MR) is 108 cm³/mol. The Morgan fingerprint density at radius 1 is 1.30 bits per heavy atom. The first kappa shape index (κ1) is 19.0. The van der Waals surface area contributed by atoms with Crippen molar-refractivity contribution in [2.75, 3.05) is 26.7 Å². The smallest absolute Gasteiger partial charge is 0.230 e. The highest BCUT2D eigenvalue weighted by molar-refractivity contribution is 5.93. The molecule has 2 unspecified atom stereocenters. The molecule has 2 aromatic rings. The van der Waals surface area contributed by atoms with E-state index in [2.05, 4.69) is 10.1 Å². The highest BCUT2D eigenvalue weighted by Crippen LogP contribution is 2.52. The van der Waals surface area contributed by atoms with Crippen LogP contribution in [0, 0.1) is 11.8 Å². The number of likely N-dealkylation sites (N-methyl/N-ethyl adjacent to an activating group) is 1. The minimum absolute atomic E-state index is 0.0229. The van der Waals surface area contributed by atoms with Crippen LogP contribution in [0.5, 0.6) is 0 Å². The molecule has 2 aromatic heterocycles. The van der Waals surface area contributed by atoms with E-state index in [-0.39, 0.29) is 17.9 Å². The lowest BCUT2D eigenvalue weighted by Gasteiger charge is -2.27. The van der Waals surface area contributed by atoms with E-state index in [9.17, 15) is 9.59 Å². The summed E-state index contributed by atoms with van der Waals surface area (Å²) in [5, 5.41) is 4.18. The van der Waals surface area contributed by atoms with Gasteiger partial charge in [-0.05, 0) is 30.2 Å². The molecule has 0 saturated carbocycles. The summed E-state index contributed by atoms with van der Waals surface area (Å²) < 4.78 is 8.02. The van der Waals surface area contributed by atoms with Crippen LogP contribution in [-0.2, 0) is 27.3 Å². The van der Waals surface area contributed by atoms with E-state index in [1.54, 1.807) is 35.2 Å². The minimum Gasteiger partial charge on any atom is -0.360 e. The van der Waals surface area contributed by atoms with Gasteiger partial charge in [-0.25, -0.2) is 0 Å². The van der Waals surface area contributed by atoms with Gasteiger partial charge in [0.1, 0.15) is 5.60 Å². The number of nitrogens with zero attached hydrogens (tertiary/aromatic N) is 5. The van der Waals surface area contributed by atoms with Gasteiger partial charge in [0.25, 0.3) is 0 Å². The van der Waals surface area contributed by atoms with Crippen LogP contribution in [0.2, 0.25) is 0 Å². The monoisotopic (exact) mass is 407 g/mol. The summed E-state index contributed by atoms with van der Waals surface area (Å²) in [6, 6.07) is 5.78. The van der Waals surface area contributed by atoms with E-state index in [0.29, 0.717) is 26.2 Å². The molecule has 0 radical (unpaired) electrons. The Kier molecular flexibility index (Phi) is 4.66. The Morgan fingerprint density at radius 3 is 2.90 bits per heavy atom. The van der Waals surface area contributed by atoms with Crippen LogP contribution in [0.15, 0.2) is 55.1 Å². The first-order valence-corrected chi connectivity index (χ1v) is 10.3. The van der Waals surface area contributed by atoms with Crippen LogP contribution < -0.4 is 0 Å². The number of fused-ring (bicyclic) bond motifs is 1. The van der Waals surface area contributed by atoms with E-state index >= 15 is 0 Å². The van der Waals surface area contributed by atoms with Crippen molar-refractivity contribution in [1.82, 2.24) is 24.6 Å². The van der Waals surface area contributed by atoms with E-state index < -0.39 is 17.4 Å². The van der Waals surface area contributed by atoms with Crippen LogP contribution in [0.25, 0.3) is 0 Å². The zero-order valence-electron chi connectivity index (χ0n) is 16.9. The van der Waals surface area contributed by atoms with Crippen molar-refractivity contribution in [3.63, 3.8) is 0 Å². The molecular weight excluding hydrogens is 382 g/mol. The van der Waals surface area contributed by atoms with E-state index in [0.717, 1.165) is 12.0 Å². The molecule has 5 rings (SSSR count). The van der Waals surface area contributed by atoms with Crippen LogP contribution in [0.1, 0.15) is 5.56 Å². The van der Waals surface area contributed by atoms with E-state index in [1.807, 2.05) is 41.4 Å². The van der Waals surface area contributed by atoms with Crippen LogP contribution in [0.3, 0.4) is 0 Å². The fourth-order valence-electron chi connectivity index (χ4n) is 4.91. The van der Waals surface area contributed by atoms with E-state index in [4.69, 9.17) is 4.74 Å². The molecule has 3 aliphatic rings. The lowest BCUT2D eigenvalue weighted by Crippen LogP contribution is -2.45. The normalized spacial score (nSPS) is 28.9. The summed E-state index contributed by atoms with van der Waals surface area (Å²) in [4.78, 5) is 34.1. The highest BCUT2D eigenvalue weighted by Gasteiger charge is 2.66. The summed E-state index contributed by atoms with van der Waals surface area (Å²) in [7, 11) is 1.79. The molecule has 8 nitrogen and oxygen atoms in total. The first-order chi connectivity index (χ1) is 14.6. The van der Waals surface area contributed by atoms with Crippen LogP contribution >= 0.6 is 0 Å². The molecule has 0 aliphatic carbocycles. The van der Waals surface area contributed by atoms with Crippen molar-refractivity contribution in [1.29, 1.82) is 0 Å². The van der Waals surface area contributed by atoms with Gasteiger partial charge in [-0.15, -0.1) is 0 Å². The van der Waals surface area contributed by atoms with Crippen LogP contribution in [-0.4, -0.2) is 74.8 Å². The molecule has 1 spiro atoms. The fraction of sp³-hybridized carbons (Fsp3) is 0.455. The number of likely N-dealkylation sites (tertiary alicyclic amines) is 1. The van der Waals surface area contributed by atoms with Crippen molar-refractivity contribution in [3.05, 3.63) is 60.7 Å². The maximum absolute atomic E-state index is 13.3. The summed E-state index contributed by atoms with van der Waals surface area (Å²) in [5.41, 5.74) is 0.475. The minimum atomic E-state index is -0.664. The maximum atomic E-state index is 13.3. The molecule has 3 aliphatic heterocycles. The molecular formula is C22H25N5O3. The number of hydrogen-bond acceptors (Lipinski definition) is 5. The molecule has 0 N–H and O–H groups in total. The summed E-state index contributed by atoms with van der Waals surface area (Å²) >= 11 is 0. The number of aromatic nitrogens is 3. The molecule has 156 valence electrons. The number of pyridine rings is 1. The fourth-order valence-corrected chi connectivity index (χ4v) is 4.91. The van der Waals surface area contributed by atoms with Crippen LogP contribution in [0.4, 0.5) is 0 Å². The molecule has 2 fully saturated rings. The molecule has 4 atom stereocenters. The molecule has 8 heteroatoms. The van der Waals surface area contributed by atoms with Gasteiger partial charge in [0, 0.05) is 44.9 Å². The Bertz CT molecular complexity index is 960. The third kappa shape index (κ3) is 3.11. The second-order valence-electron chi connectivity index (χ2n) is 8.29. The lowest BCUT2D eigenvalue weighted by atomic mass is 9.76. The Balaban J connectivity index is 1.28. The SMILES string of the molecule is CN(CCn1cccn1)C(=O)C1C2C(=O)N(CCc3ccncc3)C[C@]23C=C[C@H]1O3. The van der Waals surface area contributed by atoms with Gasteiger partial charge >= 0.3 is 0 Å². The molecule has 2 bridgehead atoms. The highest BCUT2D eigenvalue weighted by atomic mass is 16.5. The lowest BCUT2D eigenvalue weighted by molar-refractivity contribution is -0.142. The van der Waals surface area contributed by atoms with E-state index in [1.165, 1.54) is 0 Å². The number of ether oxygens (including phenoxy) is 1. The number of carbonyl (C=O) groups is 2. The summed E-state index contributed by atoms with van der Waals surface area (Å²) in [6.45, 7) is 2.27. The second-order valence-corrected chi connectivity index (χ2v) is 8.29. The van der Waals surface area contributed by atoms with Gasteiger partial charge in [0.05, 0.1) is 31.0 Å². The van der Waals surface area contributed by atoms with Crippen molar-refractivity contribution in [3.8, 4) is 0 Å². The van der Waals surface area contributed by atoms with Gasteiger partial charge in [0.2, 0.25) is 11.8 Å². The zero-order chi connectivity index (χ0) is 20.7. The molecule has 30 heavy (non-hydrogen) atoms. The van der Waals surface area contributed by atoms with Crippen molar-refractivity contribution in [2.45, 2.75) is 24.7 Å². The number of hydrogen-bond donors (Lipinski definition) is 0. The summed E-state index contributed by atoms with van der Waals surface area (Å²) in [6.07, 6.45) is 11.5. The summed E-state index contributed by atoms with van der Waals surface area (Å²) in [5.74, 6) is -0.914. The zero-order valence-corrected chi connectivity index (χ0v) is 16.9. The third-order valence-corrected chi connectivity index (χ3v) is 6.48. The molecule has 2 amide bonds. The third-order valence-electron chi connectivity index (χ3n) is 6.48. The predicted octanol–water partition coefficient (Wildman–Crippen LogP) is 0.761. The van der Waals surface area contributed by atoms with Gasteiger partial charge in [0.15, 0.2) is 0 Å². The van der Waals surface area contributed by atoms with Gasteiger partial charge in [-0.3, -0.25) is 19.3 Å².